The molecule has 1 N–H and O–H groups in total. The number of hydrogen-bond donors (Lipinski definition) is 1. The average molecular weight is 182 g/mol. The third-order valence-corrected chi connectivity index (χ3v) is 1.69. The molecule has 1 nitrogen and oxygen atoms in total. The lowest BCUT2D eigenvalue weighted by Gasteiger charge is -2.12. The van der Waals surface area contributed by atoms with Crippen molar-refractivity contribution in [3.8, 4) is 0 Å². The molecular weight excluding hydrogens is 160 g/mol. The molecule has 1 heteroatoms. The summed E-state index contributed by atoms with van der Waals surface area (Å²) in [7, 11) is 0. The Morgan fingerprint density at radius 3 is 2.15 bits per heavy atom. The Balaban J connectivity index is 3.95. The van der Waals surface area contributed by atoms with Gasteiger partial charge in [0.15, 0.2) is 0 Å². The predicted octanol–water partition coefficient (Wildman–Crippen LogP) is 3.45. The zero-order valence-electron chi connectivity index (χ0n) is 9.52. The molecule has 0 fully saturated rings. The molecule has 76 valence electrons. The highest BCUT2D eigenvalue weighted by molar-refractivity contribution is 5.07. The highest BCUT2D eigenvalue weighted by atomic mass is 16.3. The van der Waals surface area contributed by atoms with Crippen molar-refractivity contribution in [1.82, 2.24) is 0 Å². The van der Waals surface area contributed by atoms with Crippen molar-refractivity contribution in [2.75, 3.05) is 0 Å². The highest BCUT2D eigenvalue weighted by Crippen LogP contribution is 2.12. The summed E-state index contributed by atoms with van der Waals surface area (Å²) >= 11 is 0. The standard InChI is InChI=1S/C12H22O/c1-10(2)7-6-8-11(3)9-12(4,5)13/h7,9,13H,6,8H2,1-5H3/b11-9-. The van der Waals surface area contributed by atoms with Crippen molar-refractivity contribution in [1.29, 1.82) is 0 Å². The molecule has 13 heavy (non-hydrogen) atoms. The number of rotatable bonds is 4. The van der Waals surface area contributed by atoms with Gasteiger partial charge >= 0.3 is 0 Å². The largest absolute Gasteiger partial charge is 0.386 e. The van der Waals surface area contributed by atoms with Crippen LogP contribution in [0.5, 0.6) is 0 Å². The van der Waals surface area contributed by atoms with Crippen molar-refractivity contribution in [2.45, 2.75) is 53.1 Å². The summed E-state index contributed by atoms with van der Waals surface area (Å²) < 4.78 is 0. The number of allylic oxidation sites excluding steroid dienone is 3. The van der Waals surface area contributed by atoms with Gasteiger partial charge in [-0.25, -0.2) is 0 Å². The van der Waals surface area contributed by atoms with E-state index in [4.69, 9.17) is 0 Å². The summed E-state index contributed by atoms with van der Waals surface area (Å²) in [5.41, 5.74) is 1.94. The number of hydrogen-bond acceptors (Lipinski definition) is 1. The van der Waals surface area contributed by atoms with Gasteiger partial charge in [-0.1, -0.05) is 23.3 Å². The first kappa shape index (κ1) is 12.4. The minimum atomic E-state index is -0.672. The van der Waals surface area contributed by atoms with Gasteiger partial charge in [0.25, 0.3) is 0 Å². The zero-order valence-corrected chi connectivity index (χ0v) is 9.52. The zero-order chi connectivity index (χ0) is 10.5. The topological polar surface area (TPSA) is 20.2 Å². The van der Waals surface area contributed by atoms with Crippen LogP contribution in [-0.4, -0.2) is 10.7 Å². The van der Waals surface area contributed by atoms with Gasteiger partial charge in [0.1, 0.15) is 0 Å². The molecule has 0 aromatic heterocycles. The molecule has 0 aliphatic carbocycles. The maximum absolute atomic E-state index is 9.50. The van der Waals surface area contributed by atoms with Crippen LogP contribution in [0.2, 0.25) is 0 Å². The normalized spacial score (nSPS) is 12.9. The molecule has 0 saturated heterocycles. The van der Waals surface area contributed by atoms with E-state index in [0.717, 1.165) is 12.8 Å². The van der Waals surface area contributed by atoms with Gasteiger partial charge in [-0.05, 0) is 47.5 Å². The van der Waals surface area contributed by atoms with E-state index in [-0.39, 0.29) is 0 Å². The SMILES string of the molecule is CC(C)=CCC/C(C)=C\C(C)(C)O. The summed E-state index contributed by atoms with van der Waals surface area (Å²) in [5.74, 6) is 0. The van der Waals surface area contributed by atoms with Gasteiger partial charge in [0, 0.05) is 0 Å². The predicted molar refractivity (Wildman–Crippen MR) is 58.7 cm³/mol. The molecule has 0 spiro atoms. The molecular formula is C12H22O. The summed E-state index contributed by atoms with van der Waals surface area (Å²) in [6, 6.07) is 0. The van der Waals surface area contributed by atoms with Crippen LogP contribution in [-0.2, 0) is 0 Å². The van der Waals surface area contributed by atoms with E-state index in [2.05, 4.69) is 26.8 Å². The summed E-state index contributed by atoms with van der Waals surface area (Å²) in [4.78, 5) is 0. The van der Waals surface area contributed by atoms with Crippen molar-refractivity contribution >= 4 is 0 Å². The van der Waals surface area contributed by atoms with Crippen LogP contribution < -0.4 is 0 Å². The van der Waals surface area contributed by atoms with Crippen molar-refractivity contribution < 1.29 is 5.11 Å². The van der Waals surface area contributed by atoms with E-state index in [9.17, 15) is 5.11 Å². The molecule has 0 unspecified atom stereocenters. The molecule has 0 saturated carbocycles. The maximum atomic E-state index is 9.50. The Kier molecular flexibility index (Phi) is 5.01. The lowest BCUT2D eigenvalue weighted by molar-refractivity contribution is 0.132. The lowest BCUT2D eigenvalue weighted by atomic mass is 10.0. The Labute approximate surface area is 82.2 Å². The summed E-state index contributed by atoms with van der Waals surface area (Å²) in [5, 5.41) is 9.50. The van der Waals surface area contributed by atoms with Crippen molar-refractivity contribution in [3.05, 3.63) is 23.3 Å². The molecule has 0 bridgehead atoms. The molecule has 0 aliphatic heterocycles. The van der Waals surface area contributed by atoms with E-state index in [1.165, 1.54) is 11.1 Å². The van der Waals surface area contributed by atoms with Crippen LogP contribution in [0.4, 0.5) is 0 Å². The fraction of sp³-hybridized carbons (Fsp3) is 0.667. The van der Waals surface area contributed by atoms with Crippen molar-refractivity contribution in [3.63, 3.8) is 0 Å². The third kappa shape index (κ3) is 9.35. The monoisotopic (exact) mass is 182 g/mol. The van der Waals surface area contributed by atoms with Gasteiger partial charge in [-0.2, -0.15) is 0 Å². The second kappa shape index (κ2) is 5.23. The van der Waals surface area contributed by atoms with E-state index in [0.29, 0.717) is 0 Å². The first-order chi connectivity index (χ1) is 5.81. The average Bonchev–Trinajstić information content (AvgIpc) is 1.81. The van der Waals surface area contributed by atoms with Crippen LogP contribution in [0.1, 0.15) is 47.5 Å². The van der Waals surface area contributed by atoms with Crippen LogP contribution in [0.15, 0.2) is 23.3 Å². The smallest absolute Gasteiger partial charge is 0.0774 e. The van der Waals surface area contributed by atoms with Gasteiger partial charge in [0.2, 0.25) is 0 Å². The van der Waals surface area contributed by atoms with E-state index >= 15 is 0 Å². The molecule has 0 radical (unpaired) electrons. The van der Waals surface area contributed by atoms with E-state index < -0.39 is 5.60 Å². The molecule has 0 atom stereocenters. The first-order valence-electron chi connectivity index (χ1n) is 4.85. The Morgan fingerprint density at radius 2 is 1.77 bits per heavy atom. The minimum Gasteiger partial charge on any atom is -0.386 e. The Hall–Kier alpha value is -0.560. The number of aliphatic hydroxyl groups is 1. The maximum Gasteiger partial charge on any atom is 0.0774 e. The molecule has 0 amide bonds. The molecule has 0 heterocycles. The third-order valence-electron chi connectivity index (χ3n) is 1.69. The van der Waals surface area contributed by atoms with Gasteiger partial charge in [-0.3, -0.25) is 0 Å². The minimum absolute atomic E-state index is 0.672. The highest BCUT2D eigenvalue weighted by Gasteiger charge is 2.07. The first-order valence-corrected chi connectivity index (χ1v) is 4.85. The fourth-order valence-corrected chi connectivity index (χ4v) is 1.26. The molecule has 0 aromatic rings. The lowest BCUT2D eigenvalue weighted by Crippen LogP contribution is -2.14. The Bertz CT molecular complexity index is 200. The van der Waals surface area contributed by atoms with Crippen LogP contribution in [0, 0.1) is 0 Å². The summed E-state index contributed by atoms with van der Waals surface area (Å²) in [6.07, 6.45) is 6.25. The molecule has 0 rings (SSSR count). The van der Waals surface area contributed by atoms with Gasteiger partial charge in [-0.15, -0.1) is 0 Å². The second-order valence-corrected chi connectivity index (χ2v) is 4.46. The summed E-state index contributed by atoms with van der Waals surface area (Å²) in [6.45, 7) is 9.88. The fourth-order valence-electron chi connectivity index (χ4n) is 1.26. The van der Waals surface area contributed by atoms with Crippen LogP contribution in [0.25, 0.3) is 0 Å². The molecule has 0 aromatic carbocycles. The van der Waals surface area contributed by atoms with Crippen molar-refractivity contribution in [2.24, 2.45) is 0 Å². The van der Waals surface area contributed by atoms with E-state index in [1.54, 1.807) is 13.8 Å². The molecule has 0 aliphatic rings. The van der Waals surface area contributed by atoms with Crippen LogP contribution in [0.3, 0.4) is 0 Å². The second-order valence-electron chi connectivity index (χ2n) is 4.46. The van der Waals surface area contributed by atoms with Crippen LogP contribution >= 0.6 is 0 Å². The quantitative estimate of drug-likeness (QED) is 0.660. The van der Waals surface area contributed by atoms with Gasteiger partial charge < -0.3 is 5.11 Å². The van der Waals surface area contributed by atoms with Gasteiger partial charge in [0.05, 0.1) is 5.60 Å². The van der Waals surface area contributed by atoms with E-state index in [1.807, 2.05) is 6.08 Å². The Morgan fingerprint density at radius 1 is 1.23 bits per heavy atom.